The highest BCUT2D eigenvalue weighted by Gasteiger charge is 2.40. The molecular formula is C20H27N5O2. The Balaban J connectivity index is 1.51. The van der Waals surface area contributed by atoms with Gasteiger partial charge in [-0.25, -0.2) is 0 Å². The van der Waals surface area contributed by atoms with Gasteiger partial charge in [-0.3, -0.25) is 0 Å². The lowest BCUT2D eigenvalue weighted by Gasteiger charge is -2.37. The van der Waals surface area contributed by atoms with Crippen molar-refractivity contribution in [2.24, 2.45) is 0 Å². The molecule has 2 aromatic rings. The van der Waals surface area contributed by atoms with Gasteiger partial charge in [-0.05, 0) is 24.0 Å². The van der Waals surface area contributed by atoms with Gasteiger partial charge in [0.05, 0.1) is 19.4 Å². The van der Waals surface area contributed by atoms with E-state index in [9.17, 15) is 0 Å². The predicted octanol–water partition coefficient (Wildman–Crippen LogP) is 3.39. The third-order valence-electron chi connectivity index (χ3n) is 5.37. The van der Waals surface area contributed by atoms with Crippen molar-refractivity contribution in [3.05, 3.63) is 35.5 Å². The van der Waals surface area contributed by atoms with Gasteiger partial charge in [-0.2, -0.15) is 10.1 Å². The number of rotatable bonds is 4. The number of hydrogen-bond donors (Lipinski definition) is 1. The van der Waals surface area contributed by atoms with Crippen LogP contribution in [0.1, 0.15) is 43.7 Å². The molecule has 0 radical (unpaired) electrons. The van der Waals surface area contributed by atoms with E-state index < -0.39 is 0 Å². The summed E-state index contributed by atoms with van der Waals surface area (Å²) in [5, 5.41) is 11.8. The van der Waals surface area contributed by atoms with Crippen molar-refractivity contribution in [2.75, 3.05) is 36.5 Å². The molecule has 0 aliphatic carbocycles. The maximum atomic E-state index is 5.81. The Morgan fingerprint density at radius 3 is 2.59 bits per heavy atom. The SMILES string of the molecule is Cc1cccc(C(C)C)c1Nc1nncc(N2CCC3(CC2)OCCO3)n1. The van der Waals surface area contributed by atoms with Crippen LogP contribution in [0.2, 0.25) is 0 Å². The van der Waals surface area contributed by atoms with Gasteiger partial charge >= 0.3 is 0 Å². The molecule has 27 heavy (non-hydrogen) atoms. The van der Waals surface area contributed by atoms with Crippen molar-refractivity contribution in [2.45, 2.75) is 45.3 Å². The number of hydrogen-bond acceptors (Lipinski definition) is 7. The highest BCUT2D eigenvalue weighted by molar-refractivity contribution is 5.64. The number of nitrogens with one attached hydrogen (secondary N) is 1. The van der Waals surface area contributed by atoms with E-state index in [2.05, 4.69) is 59.4 Å². The average Bonchev–Trinajstić information content (AvgIpc) is 3.12. The van der Waals surface area contributed by atoms with Gasteiger partial charge < -0.3 is 19.7 Å². The molecule has 3 heterocycles. The molecule has 7 heteroatoms. The van der Waals surface area contributed by atoms with Crippen molar-refractivity contribution in [3.63, 3.8) is 0 Å². The zero-order valence-corrected chi connectivity index (χ0v) is 16.2. The first-order valence-electron chi connectivity index (χ1n) is 9.65. The smallest absolute Gasteiger partial charge is 0.249 e. The number of piperidine rings is 1. The predicted molar refractivity (Wildman–Crippen MR) is 104 cm³/mol. The molecule has 144 valence electrons. The van der Waals surface area contributed by atoms with Gasteiger partial charge in [0.15, 0.2) is 11.6 Å². The summed E-state index contributed by atoms with van der Waals surface area (Å²) < 4.78 is 11.6. The second kappa shape index (κ2) is 7.40. The highest BCUT2D eigenvalue weighted by Crippen LogP contribution is 2.33. The van der Waals surface area contributed by atoms with Crippen LogP contribution < -0.4 is 10.2 Å². The van der Waals surface area contributed by atoms with Crippen molar-refractivity contribution in [1.82, 2.24) is 15.2 Å². The second-order valence-electron chi connectivity index (χ2n) is 7.55. The molecule has 4 rings (SSSR count). The number of ether oxygens (including phenoxy) is 2. The fraction of sp³-hybridized carbons (Fsp3) is 0.550. The van der Waals surface area contributed by atoms with E-state index in [1.54, 1.807) is 6.20 Å². The lowest BCUT2D eigenvalue weighted by atomic mass is 9.98. The minimum absolute atomic E-state index is 0.384. The van der Waals surface area contributed by atoms with Crippen molar-refractivity contribution in [3.8, 4) is 0 Å². The summed E-state index contributed by atoms with van der Waals surface area (Å²) >= 11 is 0. The van der Waals surface area contributed by atoms with Gasteiger partial charge in [0.25, 0.3) is 0 Å². The number of anilines is 3. The molecular weight excluding hydrogens is 342 g/mol. The van der Waals surface area contributed by atoms with E-state index in [0.717, 1.165) is 37.4 Å². The Bertz CT molecular complexity index is 795. The number of para-hydroxylation sites is 1. The van der Waals surface area contributed by atoms with Gasteiger partial charge in [0, 0.05) is 31.6 Å². The Morgan fingerprint density at radius 2 is 1.89 bits per heavy atom. The summed E-state index contributed by atoms with van der Waals surface area (Å²) in [6.45, 7) is 9.52. The molecule has 1 spiro atoms. The summed E-state index contributed by atoms with van der Waals surface area (Å²) in [5.74, 6) is 1.39. The highest BCUT2D eigenvalue weighted by atomic mass is 16.7. The molecule has 1 aromatic heterocycles. The number of aryl methyl sites for hydroxylation is 1. The minimum atomic E-state index is -0.384. The molecule has 0 amide bonds. The van der Waals surface area contributed by atoms with E-state index in [-0.39, 0.29) is 5.79 Å². The van der Waals surface area contributed by atoms with Crippen molar-refractivity contribution in [1.29, 1.82) is 0 Å². The topological polar surface area (TPSA) is 72.4 Å². The first-order valence-corrected chi connectivity index (χ1v) is 9.65. The van der Waals surface area contributed by atoms with Crippen LogP contribution in [-0.4, -0.2) is 47.3 Å². The van der Waals surface area contributed by atoms with Gasteiger partial charge in [-0.1, -0.05) is 32.0 Å². The third kappa shape index (κ3) is 3.75. The molecule has 0 unspecified atom stereocenters. The Kier molecular flexibility index (Phi) is 4.97. The van der Waals surface area contributed by atoms with Crippen molar-refractivity contribution >= 4 is 17.5 Å². The third-order valence-corrected chi connectivity index (χ3v) is 5.37. The van der Waals surface area contributed by atoms with E-state index in [4.69, 9.17) is 14.5 Å². The number of benzene rings is 1. The average molecular weight is 369 g/mol. The molecule has 1 N–H and O–H groups in total. The quantitative estimate of drug-likeness (QED) is 0.885. The van der Waals surface area contributed by atoms with Crippen LogP contribution in [0.15, 0.2) is 24.4 Å². The molecule has 2 aliphatic rings. The summed E-state index contributed by atoms with van der Waals surface area (Å²) in [6, 6.07) is 6.32. The standard InChI is InChI=1S/C20H27N5O2/c1-14(2)16-6-4-5-15(3)18(16)23-19-22-17(13-21-24-19)25-9-7-20(8-10-25)26-11-12-27-20/h4-6,13-14H,7-12H2,1-3H3,(H,22,23,24). The first-order chi connectivity index (χ1) is 13.1. The van der Waals surface area contributed by atoms with Crippen LogP contribution in [0.3, 0.4) is 0 Å². The largest absolute Gasteiger partial charge is 0.355 e. The Hall–Kier alpha value is -2.25. The molecule has 1 aromatic carbocycles. The monoisotopic (exact) mass is 369 g/mol. The Labute approximate surface area is 160 Å². The molecule has 2 fully saturated rings. The molecule has 2 saturated heterocycles. The Morgan fingerprint density at radius 1 is 1.15 bits per heavy atom. The first kappa shape index (κ1) is 18.1. The molecule has 0 bridgehead atoms. The summed E-state index contributed by atoms with van der Waals surface area (Å²) in [4.78, 5) is 6.93. The maximum absolute atomic E-state index is 5.81. The maximum Gasteiger partial charge on any atom is 0.249 e. The van der Waals surface area contributed by atoms with Crippen LogP contribution >= 0.6 is 0 Å². The normalized spacial score (nSPS) is 19.0. The second-order valence-corrected chi connectivity index (χ2v) is 7.55. The number of nitrogens with zero attached hydrogens (tertiary/aromatic N) is 4. The van der Waals surface area contributed by atoms with Crippen LogP contribution in [0.4, 0.5) is 17.5 Å². The van der Waals surface area contributed by atoms with Gasteiger partial charge in [0.2, 0.25) is 5.95 Å². The van der Waals surface area contributed by atoms with Gasteiger partial charge in [-0.15, -0.1) is 5.10 Å². The lowest BCUT2D eigenvalue weighted by Crippen LogP contribution is -2.45. The van der Waals surface area contributed by atoms with E-state index in [0.29, 0.717) is 25.1 Å². The summed E-state index contributed by atoms with van der Waals surface area (Å²) in [7, 11) is 0. The number of aromatic nitrogens is 3. The summed E-state index contributed by atoms with van der Waals surface area (Å²) in [6.07, 6.45) is 3.41. The fourth-order valence-electron chi connectivity index (χ4n) is 3.82. The zero-order valence-electron chi connectivity index (χ0n) is 16.2. The van der Waals surface area contributed by atoms with E-state index >= 15 is 0 Å². The van der Waals surface area contributed by atoms with Crippen LogP contribution in [-0.2, 0) is 9.47 Å². The van der Waals surface area contributed by atoms with Crippen LogP contribution in [0, 0.1) is 6.92 Å². The molecule has 7 nitrogen and oxygen atoms in total. The van der Waals surface area contributed by atoms with Crippen molar-refractivity contribution < 1.29 is 9.47 Å². The molecule has 0 atom stereocenters. The van der Waals surface area contributed by atoms with E-state index in [1.165, 1.54) is 11.1 Å². The summed E-state index contributed by atoms with van der Waals surface area (Å²) in [5.41, 5.74) is 3.49. The van der Waals surface area contributed by atoms with Crippen LogP contribution in [0.25, 0.3) is 0 Å². The fourth-order valence-corrected chi connectivity index (χ4v) is 3.82. The van der Waals surface area contributed by atoms with Crippen LogP contribution in [0.5, 0.6) is 0 Å². The molecule has 0 saturated carbocycles. The van der Waals surface area contributed by atoms with E-state index in [1.807, 2.05) is 0 Å². The minimum Gasteiger partial charge on any atom is -0.355 e. The van der Waals surface area contributed by atoms with Gasteiger partial charge in [0.1, 0.15) is 0 Å². The zero-order chi connectivity index (χ0) is 18.9. The molecule has 2 aliphatic heterocycles. The lowest BCUT2D eigenvalue weighted by molar-refractivity contribution is -0.169.